The Morgan fingerprint density at radius 3 is 2.86 bits per heavy atom. The van der Waals surface area contributed by atoms with Gasteiger partial charge in [0.25, 0.3) is 0 Å². The molecule has 0 radical (unpaired) electrons. The first-order valence-electron chi connectivity index (χ1n) is 6.34. The number of hydrogen-bond donors (Lipinski definition) is 2. The topological polar surface area (TPSA) is 89.3 Å². The summed E-state index contributed by atoms with van der Waals surface area (Å²) >= 11 is 0. The maximum absolute atomic E-state index is 13.8. The van der Waals surface area contributed by atoms with Gasteiger partial charge in [0.2, 0.25) is 0 Å². The molecule has 0 aliphatic carbocycles. The molecular formula is C14H11F2N5O. The van der Waals surface area contributed by atoms with Crippen molar-refractivity contribution in [2.45, 2.75) is 6.54 Å². The number of halogens is 2. The Kier molecular flexibility index (Phi) is 3.42. The van der Waals surface area contributed by atoms with Gasteiger partial charge in [0.05, 0.1) is 11.9 Å². The highest BCUT2D eigenvalue weighted by Crippen LogP contribution is 2.19. The van der Waals surface area contributed by atoms with Crippen molar-refractivity contribution in [1.29, 1.82) is 0 Å². The van der Waals surface area contributed by atoms with Gasteiger partial charge in [0.1, 0.15) is 5.69 Å². The summed E-state index contributed by atoms with van der Waals surface area (Å²) < 4.78 is 28.5. The van der Waals surface area contributed by atoms with E-state index < -0.39 is 11.6 Å². The van der Waals surface area contributed by atoms with Crippen LogP contribution in [0.15, 0.2) is 41.7 Å². The molecule has 3 N–H and O–H groups in total. The van der Waals surface area contributed by atoms with Gasteiger partial charge >= 0.3 is 0 Å². The SMILES string of the molecule is N/C(=N\O)c1nn(Cc2cccc(F)c2F)c2ncccc12. The fourth-order valence-electron chi connectivity index (χ4n) is 2.19. The van der Waals surface area contributed by atoms with E-state index in [0.29, 0.717) is 11.0 Å². The fraction of sp³-hybridized carbons (Fsp3) is 0.0714. The van der Waals surface area contributed by atoms with E-state index in [2.05, 4.69) is 15.2 Å². The van der Waals surface area contributed by atoms with Crippen LogP contribution in [0.5, 0.6) is 0 Å². The third-order valence-electron chi connectivity index (χ3n) is 3.21. The second-order valence-corrected chi connectivity index (χ2v) is 4.58. The minimum Gasteiger partial charge on any atom is -0.409 e. The highest BCUT2D eigenvalue weighted by molar-refractivity contribution is 6.05. The van der Waals surface area contributed by atoms with Gasteiger partial charge in [-0.3, -0.25) is 0 Å². The number of aromatic nitrogens is 3. The van der Waals surface area contributed by atoms with Gasteiger partial charge in [-0.05, 0) is 18.2 Å². The van der Waals surface area contributed by atoms with Gasteiger partial charge in [0, 0.05) is 11.8 Å². The largest absolute Gasteiger partial charge is 0.409 e. The maximum Gasteiger partial charge on any atom is 0.191 e. The van der Waals surface area contributed by atoms with Crippen molar-refractivity contribution in [2.75, 3.05) is 0 Å². The van der Waals surface area contributed by atoms with E-state index in [1.165, 1.54) is 16.8 Å². The Bertz CT molecular complexity index is 875. The van der Waals surface area contributed by atoms with E-state index >= 15 is 0 Å². The molecule has 0 atom stereocenters. The number of benzene rings is 1. The lowest BCUT2D eigenvalue weighted by Crippen LogP contribution is -2.15. The quantitative estimate of drug-likeness (QED) is 0.334. The van der Waals surface area contributed by atoms with Crippen LogP contribution in [-0.4, -0.2) is 25.8 Å². The Labute approximate surface area is 123 Å². The predicted octanol–water partition coefficient (Wildman–Crippen LogP) is 1.85. The third-order valence-corrected chi connectivity index (χ3v) is 3.21. The highest BCUT2D eigenvalue weighted by atomic mass is 19.2. The molecule has 0 amide bonds. The van der Waals surface area contributed by atoms with Crippen LogP contribution >= 0.6 is 0 Å². The lowest BCUT2D eigenvalue weighted by molar-refractivity contribution is 0.318. The molecule has 0 bridgehead atoms. The second-order valence-electron chi connectivity index (χ2n) is 4.58. The second kappa shape index (κ2) is 5.40. The van der Waals surface area contributed by atoms with Crippen LogP contribution in [0.1, 0.15) is 11.3 Å². The van der Waals surface area contributed by atoms with E-state index in [1.54, 1.807) is 18.3 Å². The molecular weight excluding hydrogens is 292 g/mol. The zero-order chi connectivity index (χ0) is 15.7. The fourth-order valence-corrected chi connectivity index (χ4v) is 2.19. The number of nitrogens with zero attached hydrogens (tertiary/aromatic N) is 4. The number of pyridine rings is 1. The first-order chi connectivity index (χ1) is 10.6. The summed E-state index contributed by atoms with van der Waals surface area (Å²) in [6.45, 7) is -0.0319. The molecule has 3 aromatic rings. The van der Waals surface area contributed by atoms with Crippen molar-refractivity contribution in [1.82, 2.24) is 14.8 Å². The summed E-state index contributed by atoms with van der Waals surface area (Å²) in [5, 5.41) is 16.5. The molecule has 8 heteroatoms. The minimum atomic E-state index is -0.938. The number of nitrogens with two attached hydrogens (primary N) is 1. The van der Waals surface area contributed by atoms with E-state index in [1.807, 2.05) is 0 Å². The minimum absolute atomic E-state index is 0.0319. The van der Waals surface area contributed by atoms with Crippen LogP contribution in [0.4, 0.5) is 8.78 Å². The molecule has 3 rings (SSSR count). The van der Waals surface area contributed by atoms with Crippen LogP contribution in [-0.2, 0) is 6.54 Å². The molecule has 1 aromatic carbocycles. The Hall–Kier alpha value is -3.03. The molecule has 2 aromatic heterocycles. The summed E-state index contributed by atoms with van der Waals surface area (Å²) in [6, 6.07) is 7.28. The summed E-state index contributed by atoms with van der Waals surface area (Å²) in [5.41, 5.74) is 6.36. The van der Waals surface area contributed by atoms with Crippen LogP contribution < -0.4 is 5.73 Å². The number of oxime groups is 1. The first-order valence-corrected chi connectivity index (χ1v) is 6.34. The predicted molar refractivity (Wildman–Crippen MR) is 75.5 cm³/mol. The van der Waals surface area contributed by atoms with Gasteiger partial charge in [-0.1, -0.05) is 17.3 Å². The average molecular weight is 303 g/mol. The summed E-state index contributed by atoms with van der Waals surface area (Å²) in [7, 11) is 0. The standard InChI is InChI=1S/C14H11F2N5O/c15-10-5-1-3-8(11(10)16)7-21-14-9(4-2-6-18-14)12(19-21)13(17)20-22/h1-6,22H,7H2,(H2,17,20). The molecule has 112 valence electrons. The Balaban J connectivity index is 2.13. The van der Waals surface area contributed by atoms with Crippen molar-refractivity contribution in [3.05, 3.63) is 59.4 Å². The smallest absolute Gasteiger partial charge is 0.191 e. The van der Waals surface area contributed by atoms with Gasteiger partial charge in [-0.15, -0.1) is 0 Å². The van der Waals surface area contributed by atoms with Crippen molar-refractivity contribution in [3.8, 4) is 0 Å². The van der Waals surface area contributed by atoms with E-state index in [0.717, 1.165) is 6.07 Å². The molecule has 0 aliphatic heterocycles. The van der Waals surface area contributed by atoms with Crippen molar-refractivity contribution < 1.29 is 14.0 Å². The number of amidine groups is 1. The normalized spacial score (nSPS) is 12.0. The van der Waals surface area contributed by atoms with E-state index in [4.69, 9.17) is 10.9 Å². The van der Waals surface area contributed by atoms with Crippen molar-refractivity contribution in [3.63, 3.8) is 0 Å². The number of fused-ring (bicyclic) bond motifs is 1. The van der Waals surface area contributed by atoms with Crippen molar-refractivity contribution in [2.24, 2.45) is 10.9 Å². The zero-order valence-corrected chi connectivity index (χ0v) is 11.2. The number of rotatable bonds is 3. The third kappa shape index (κ3) is 2.24. The molecule has 0 fully saturated rings. The Morgan fingerprint density at radius 2 is 2.09 bits per heavy atom. The van der Waals surface area contributed by atoms with Gasteiger partial charge in [-0.25, -0.2) is 18.4 Å². The van der Waals surface area contributed by atoms with Crippen LogP contribution in [0.25, 0.3) is 11.0 Å². The van der Waals surface area contributed by atoms with Crippen LogP contribution in [0, 0.1) is 11.6 Å². The molecule has 0 unspecified atom stereocenters. The molecule has 6 nitrogen and oxygen atoms in total. The van der Waals surface area contributed by atoms with Gasteiger partial charge < -0.3 is 10.9 Å². The van der Waals surface area contributed by atoms with Crippen LogP contribution in [0.3, 0.4) is 0 Å². The average Bonchev–Trinajstić information content (AvgIpc) is 2.90. The first kappa shape index (κ1) is 13.9. The molecule has 0 saturated carbocycles. The van der Waals surface area contributed by atoms with E-state index in [9.17, 15) is 8.78 Å². The molecule has 0 saturated heterocycles. The highest BCUT2D eigenvalue weighted by Gasteiger charge is 2.16. The van der Waals surface area contributed by atoms with E-state index in [-0.39, 0.29) is 23.6 Å². The molecule has 2 heterocycles. The maximum atomic E-state index is 13.8. The molecule has 0 aliphatic rings. The Morgan fingerprint density at radius 1 is 1.27 bits per heavy atom. The molecule has 22 heavy (non-hydrogen) atoms. The van der Waals surface area contributed by atoms with Gasteiger partial charge in [-0.2, -0.15) is 5.10 Å². The summed E-state index contributed by atoms with van der Waals surface area (Å²) in [6.07, 6.45) is 1.54. The monoisotopic (exact) mass is 303 g/mol. The van der Waals surface area contributed by atoms with Gasteiger partial charge in [0.15, 0.2) is 23.1 Å². The lowest BCUT2D eigenvalue weighted by Gasteiger charge is -2.05. The van der Waals surface area contributed by atoms with Crippen LogP contribution in [0.2, 0.25) is 0 Å². The summed E-state index contributed by atoms with van der Waals surface area (Å²) in [5.74, 6) is -2.05. The number of hydrogen-bond acceptors (Lipinski definition) is 4. The summed E-state index contributed by atoms with van der Waals surface area (Å²) in [4.78, 5) is 4.16. The molecule has 0 spiro atoms. The van der Waals surface area contributed by atoms with Crippen molar-refractivity contribution >= 4 is 16.9 Å². The zero-order valence-electron chi connectivity index (χ0n) is 11.2. The lowest BCUT2D eigenvalue weighted by atomic mass is 10.2.